The number of carbonyl (C=O) groups is 2. The Hall–Kier alpha value is -3.24. The number of benzene rings is 1. The zero-order valence-electron chi connectivity index (χ0n) is 15.6. The lowest BCUT2D eigenvalue weighted by Gasteiger charge is -2.31. The Labute approximate surface area is 164 Å². The molecule has 8 nitrogen and oxygen atoms in total. The fourth-order valence-corrected chi connectivity index (χ4v) is 2.93. The van der Waals surface area contributed by atoms with Gasteiger partial charge in [0.05, 0.1) is 7.11 Å². The monoisotopic (exact) mass is 412 g/mol. The SMILES string of the molecule is COc1ccc(NC(=O)COC(=O)c2cc3n(n2)[C@H](C(F)(F)F)C[C@H](C)N3)cc1. The number of hydrogen-bond acceptors (Lipinski definition) is 6. The molecule has 2 heterocycles. The van der Waals surface area contributed by atoms with Gasteiger partial charge in [-0.3, -0.25) is 4.79 Å². The Morgan fingerprint density at radius 2 is 2.00 bits per heavy atom. The summed E-state index contributed by atoms with van der Waals surface area (Å²) in [7, 11) is 1.51. The number of alkyl halides is 3. The number of carbonyl (C=O) groups excluding carboxylic acids is 2. The average molecular weight is 412 g/mol. The molecular weight excluding hydrogens is 393 g/mol. The number of nitrogens with zero attached hydrogens (tertiary/aromatic N) is 2. The van der Waals surface area contributed by atoms with E-state index in [-0.39, 0.29) is 17.9 Å². The largest absolute Gasteiger partial charge is 0.497 e. The van der Waals surface area contributed by atoms with Crippen molar-refractivity contribution in [2.24, 2.45) is 0 Å². The molecule has 1 aromatic carbocycles. The summed E-state index contributed by atoms with van der Waals surface area (Å²) < 4.78 is 50.3. The fourth-order valence-electron chi connectivity index (χ4n) is 2.93. The van der Waals surface area contributed by atoms with Gasteiger partial charge >= 0.3 is 12.1 Å². The van der Waals surface area contributed by atoms with Crippen molar-refractivity contribution in [2.45, 2.75) is 31.6 Å². The Bertz CT molecular complexity index is 896. The predicted molar refractivity (Wildman–Crippen MR) is 96.9 cm³/mol. The molecule has 0 spiro atoms. The van der Waals surface area contributed by atoms with Gasteiger partial charge in [-0.25, -0.2) is 9.48 Å². The van der Waals surface area contributed by atoms with Crippen LogP contribution in [0.5, 0.6) is 5.75 Å². The number of halogens is 3. The smallest absolute Gasteiger partial charge is 0.410 e. The summed E-state index contributed by atoms with van der Waals surface area (Å²) in [6.07, 6.45) is -4.71. The lowest BCUT2D eigenvalue weighted by Crippen LogP contribution is -2.37. The first-order chi connectivity index (χ1) is 13.7. The van der Waals surface area contributed by atoms with E-state index in [9.17, 15) is 22.8 Å². The summed E-state index contributed by atoms with van der Waals surface area (Å²) in [5, 5.41) is 9.10. The Balaban J connectivity index is 1.62. The summed E-state index contributed by atoms with van der Waals surface area (Å²) >= 11 is 0. The molecule has 2 aromatic rings. The standard InChI is InChI=1S/C18H19F3N4O4/c1-10-7-14(18(19,20)21)25-15(22-10)8-13(24-25)17(27)29-9-16(26)23-11-3-5-12(28-2)6-4-11/h3-6,8,10,14,22H,7,9H2,1-2H3,(H,23,26)/t10-,14-/m0/s1. The highest BCUT2D eigenvalue weighted by Crippen LogP contribution is 2.39. The van der Waals surface area contributed by atoms with Crippen LogP contribution in [0.4, 0.5) is 24.7 Å². The van der Waals surface area contributed by atoms with E-state index >= 15 is 0 Å². The molecule has 0 unspecified atom stereocenters. The quantitative estimate of drug-likeness (QED) is 0.734. The number of nitrogens with one attached hydrogen (secondary N) is 2. The molecule has 156 valence electrons. The van der Waals surface area contributed by atoms with Crippen LogP contribution in [0.1, 0.15) is 29.9 Å². The van der Waals surface area contributed by atoms with Crippen LogP contribution < -0.4 is 15.4 Å². The normalized spacial score (nSPS) is 18.4. The van der Waals surface area contributed by atoms with Crippen LogP contribution in [0.2, 0.25) is 0 Å². The lowest BCUT2D eigenvalue weighted by atomic mass is 10.1. The van der Waals surface area contributed by atoms with Crippen LogP contribution in [-0.4, -0.2) is 47.6 Å². The van der Waals surface area contributed by atoms with Gasteiger partial charge < -0.3 is 20.1 Å². The van der Waals surface area contributed by atoms with E-state index in [1.807, 2.05) is 0 Å². The van der Waals surface area contributed by atoms with Gasteiger partial charge in [0.2, 0.25) is 0 Å². The van der Waals surface area contributed by atoms with Crippen molar-refractivity contribution in [3.63, 3.8) is 0 Å². The van der Waals surface area contributed by atoms with Crippen LogP contribution in [0, 0.1) is 0 Å². The van der Waals surface area contributed by atoms with Crippen LogP contribution >= 0.6 is 0 Å². The maximum atomic E-state index is 13.2. The van der Waals surface area contributed by atoms with Gasteiger partial charge in [0.15, 0.2) is 18.3 Å². The minimum absolute atomic E-state index is 0.0701. The van der Waals surface area contributed by atoms with Crippen molar-refractivity contribution < 1.29 is 32.2 Å². The van der Waals surface area contributed by atoms with E-state index in [0.717, 1.165) is 4.68 Å². The Morgan fingerprint density at radius 1 is 1.31 bits per heavy atom. The molecule has 29 heavy (non-hydrogen) atoms. The van der Waals surface area contributed by atoms with Crippen molar-refractivity contribution in [1.29, 1.82) is 0 Å². The lowest BCUT2D eigenvalue weighted by molar-refractivity contribution is -0.173. The predicted octanol–water partition coefficient (Wildman–Crippen LogP) is 2.99. The molecule has 1 aliphatic rings. The van der Waals surface area contributed by atoms with Crippen molar-refractivity contribution in [2.75, 3.05) is 24.4 Å². The average Bonchev–Trinajstić information content (AvgIpc) is 3.09. The van der Waals surface area contributed by atoms with Gasteiger partial charge in [0.25, 0.3) is 5.91 Å². The molecule has 0 bridgehead atoms. The molecule has 3 rings (SSSR count). The van der Waals surface area contributed by atoms with Crippen molar-refractivity contribution in [3.8, 4) is 5.75 Å². The number of rotatable bonds is 5. The first-order valence-electron chi connectivity index (χ1n) is 8.71. The van der Waals surface area contributed by atoms with Crippen LogP contribution in [0.25, 0.3) is 0 Å². The zero-order chi connectivity index (χ0) is 21.2. The van der Waals surface area contributed by atoms with Crippen molar-refractivity contribution in [1.82, 2.24) is 9.78 Å². The third kappa shape index (κ3) is 4.79. The number of aromatic nitrogens is 2. The summed E-state index contributed by atoms with van der Waals surface area (Å²) in [5.41, 5.74) is 0.156. The second-order valence-corrected chi connectivity index (χ2v) is 6.55. The molecule has 11 heteroatoms. The summed E-state index contributed by atoms with van der Waals surface area (Å²) in [6, 6.07) is 5.39. The molecule has 0 saturated heterocycles. The second kappa shape index (κ2) is 8.02. The van der Waals surface area contributed by atoms with E-state index < -0.39 is 36.7 Å². The van der Waals surface area contributed by atoms with Crippen molar-refractivity contribution >= 4 is 23.4 Å². The van der Waals surface area contributed by atoms with E-state index in [2.05, 4.69) is 15.7 Å². The summed E-state index contributed by atoms with van der Waals surface area (Å²) in [4.78, 5) is 24.1. The van der Waals surface area contributed by atoms with Crippen molar-refractivity contribution in [3.05, 3.63) is 36.0 Å². The Morgan fingerprint density at radius 3 is 2.62 bits per heavy atom. The second-order valence-electron chi connectivity index (χ2n) is 6.55. The number of ether oxygens (including phenoxy) is 2. The molecule has 1 amide bonds. The fraction of sp³-hybridized carbons (Fsp3) is 0.389. The van der Waals surface area contributed by atoms with Gasteiger partial charge in [0.1, 0.15) is 11.6 Å². The molecule has 1 aliphatic heterocycles. The highest BCUT2D eigenvalue weighted by atomic mass is 19.4. The maximum absolute atomic E-state index is 13.2. The molecule has 2 atom stereocenters. The highest BCUT2D eigenvalue weighted by Gasteiger charge is 2.45. The van der Waals surface area contributed by atoms with Crippen LogP contribution in [0.3, 0.4) is 0 Å². The number of hydrogen-bond donors (Lipinski definition) is 2. The van der Waals surface area contributed by atoms with E-state index in [4.69, 9.17) is 9.47 Å². The number of methoxy groups -OCH3 is 1. The minimum atomic E-state index is -4.50. The zero-order valence-corrected chi connectivity index (χ0v) is 15.6. The van der Waals surface area contributed by atoms with Gasteiger partial charge in [-0.15, -0.1) is 0 Å². The van der Waals surface area contributed by atoms with Gasteiger partial charge in [-0.05, 0) is 37.6 Å². The molecule has 1 aromatic heterocycles. The summed E-state index contributed by atoms with van der Waals surface area (Å²) in [5.74, 6) is -0.918. The van der Waals surface area contributed by atoms with Gasteiger partial charge in [0, 0.05) is 17.8 Å². The minimum Gasteiger partial charge on any atom is -0.497 e. The highest BCUT2D eigenvalue weighted by molar-refractivity contribution is 5.95. The molecule has 0 fully saturated rings. The topological polar surface area (TPSA) is 94.5 Å². The first kappa shape index (κ1) is 20.5. The molecule has 0 radical (unpaired) electrons. The van der Waals surface area contributed by atoms with E-state index in [0.29, 0.717) is 11.4 Å². The van der Waals surface area contributed by atoms with Gasteiger partial charge in [-0.1, -0.05) is 0 Å². The number of fused-ring (bicyclic) bond motifs is 1. The van der Waals surface area contributed by atoms with Crippen LogP contribution in [-0.2, 0) is 9.53 Å². The van der Waals surface area contributed by atoms with E-state index in [1.54, 1.807) is 31.2 Å². The number of amides is 1. The van der Waals surface area contributed by atoms with Gasteiger partial charge in [-0.2, -0.15) is 18.3 Å². The third-order valence-corrected chi connectivity index (χ3v) is 4.30. The molecular formula is C18H19F3N4O4. The molecule has 0 aliphatic carbocycles. The maximum Gasteiger partial charge on any atom is 0.410 e. The number of esters is 1. The first-order valence-corrected chi connectivity index (χ1v) is 8.71. The third-order valence-electron chi connectivity index (χ3n) is 4.30. The molecule has 0 saturated carbocycles. The van der Waals surface area contributed by atoms with E-state index in [1.165, 1.54) is 13.2 Å². The number of anilines is 2. The van der Waals surface area contributed by atoms with Crippen LogP contribution in [0.15, 0.2) is 30.3 Å². The summed E-state index contributed by atoms with van der Waals surface area (Å²) in [6.45, 7) is 0.996. The Kier molecular flexibility index (Phi) is 5.66. The molecule has 2 N–H and O–H groups in total.